The summed E-state index contributed by atoms with van der Waals surface area (Å²) >= 11 is 3.36. The normalized spacial score (nSPS) is 10.3. The van der Waals surface area contributed by atoms with E-state index in [0.717, 1.165) is 15.7 Å². The predicted octanol–water partition coefficient (Wildman–Crippen LogP) is 3.53. The molecule has 0 atom stereocenters. The summed E-state index contributed by atoms with van der Waals surface area (Å²) in [5.74, 6) is 1.13. The molecule has 2 rings (SSSR count). The molecule has 0 spiro atoms. The van der Waals surface area contributed by atoms with Gasteiger partial charge in [0, 0.05) is 34.2 Å². The van der Waals surface area contributed by atoms with Crippen LogP contribution in [0.15, 0.2) is 35.1 Å². The van der Waals surface area contributed by atoms with Gasteiger partial charge < -0.3 is 9.47 Å². The van der Waals surface area contributed by atoms with E-state index in [1.807, 2.05) is 32.0 Å². The second-order valence-corrected chi connectivity index (χ2v) is 4.90. The SMILES string of the molecule is CCOc1cc(Br)cnc1OCc1ccc(C)nc1. The first kappa shape index (κ1) is 13.8. The molecule has 2 aromatic rings. The molecule has 100 valence electrons. The van der Waals surface area contributed by atoms with Crippen LogP contribution in [0.4, 0.5) is 0 Å². The fraction of sp³-hybridized carbons (Fsp3) is 0.286. The molecule has 0 aliphatic heterocycles. The molecule has 0 amide bonds. The number of aromatic nitrogens is 2. The Morgan fingerprint density at radius 3 is 2.68 bits per heavy atom. The Morgan fingerprint density at radius 1 is 1.16 bits per heavy atom. The maximum Gasteiger partial charge on any atom is 0.257 e. The quantitative estimate of drug-likeness (QED) is 0.844. The van der Waals surface area contributed by atoms with Crippen molar-refractivity contribution in [3.05, 3.63) is 46.3 Å². The molecule has 0 saturated heterocycles. The molecule has 0 radical (unpaired) electrons. The van der Waals surface area contributed by atoms with Crippen molar-refractivity contribution in [2.24, 2.45) is 0 Å². The molecular formula is C14H15BrN2O2. The third-order valence-corrected chi connectivity index (χ3v) is 2.87. The molecule has 2 heterocycles. The van der Waals surface area contributed by atoms with Gasteiger partial charge in [0.1, 0.15) is 6.61 Å². The van der Waals surface area contributed by atoms with Crippen LogP contribution in [-0.2, 0) is 6.61 Å². The Morgan fingerprint density at radius 2 is 2.00 bits per heavy atom. The summed E-state index contributed by atoms with van der Waals surface area (Å²) < 4.78 is 12.0. The lowest BCUT2D eigenvalue weighted by Gasteiger charge is -2.10. The van der Waals surface area contributed by atoms with Crippen molar-refractivity contribution >= 4 is 15.9 Å². The topological polar surface area (TPSA) is 44.2 Å². The van der Waals surface area contributed by atoms with Crippen LogP contribution in [0, 0.1) is 6.92 Å². The van der Waals surface area contributed by atoms with Crippen LogP contribution in [0.1, 0.15) is 18.2 Å². The van der Waals surface area contributed by atoms with Gasteiger partial charge in [0.2, 0.25) is 0 Å². The number of hydrogen-bond acceptors (Lipinski definition) is 4. The van der Waals surface area contributed by atoms with Gasteiger partial charge in [0.25, 0.3) is 5.88 Å². The molecular weight excluding hydrogens is 308 g/mol. The summed E-state index contributed by atoms with van der Waals surface area (Å²) in [6.45, 7) is 4.87. The van der Waals surface area contributed by atoms with E-state index in [-0.39, 0.29) is 0 Å². The van der Waals surface area contributed by atoms with Gasteiger partial charge >= 0.3 is 0 Å². The van der Waals surface area contributed by atoms with Crippen molar-refractivity contribution in [1.29, 1.82) is 0 Å². The largest absolute Gasteiger partial charge is 0.488 e. The van der Waals surface area contributed by atoms with E-state index in [0.29, 0.717) is 24.8 Å². The smallest absolute Gasteiger partial charge is 0.257 e. The Bertz CT molecular complexity index is 544. The average Bonchev–Trinajstić information content (AvgIpc) is 2.40. The number of aryl methyl sites for hydroxylation is 1. The van der Waals surface area contributed by atoms with Crippen LogP contribution in [0.2, 0.25) is 0 Å². The van der Waals surface area contributed by atoms with Crippen LogP contribution in [-0.4, -0.2) is 16.6 Å². The minimum absolute atomic E-state index is 0.419. The van der Waals surface area contributed by atoms with Crippen molar-refractivity contribution in [3.63, 3.8) is 0 Å². The van der Waals surface area contributed by atoms with Crippen LogP contribution in [0.3, 0.4) is 0 Å². The van der Waals surface area contributed by atoms with Crippen molar-refractivity contribution in [1.82, 2.24) is 9.97 Å². The van der Waals surface area contributed by atoms with Crippen molar-refractivity contribution in [2.75, 3.05) is 6.61 Å². The molecule has 0 aromatic carbocycles. The zero-order valence-corrected chi connectivity index (χ0v) is 12.5. The summed E-state index contributed by atoms with van der Waals surface area (Å²) in [4.78, 5) is 8.44. The Kier molecular flexibility index (Phi) is 4.74. The Balaban J connectivity index is 2.08. The molecule has 4 nitrogen and oxygen atoms in total. The zero-order valence-electron chi connectivity index (χ0n) is 10.9. The van der Waals surface area contributed by atoms with Gasteiger partial charge in [-0.05, 0) is 35.8 Å². The first-order chi connectivity index (χ1) is 9.19. The van der Waals surface area contributed by atoms with Gasteiger partial charge in [0.05, 0.1) is 6.61 Å². The van der Waals surface area contributed by atoms with E-state index in [9.17, 15) is 0 Å². The Labute approximate surface area is 120 Å². The highest BCUT2D eigenvalue weighted by molar-refractivity contribution is 9.10. The lowest BCUT2D eigenvalue weighted by atomic mass is 10.3. The van der Waals surface area contributed by atoms with E-state index < -0.39 is 0 Å². The van der Waals surface area contributed by atoms with Crippen LogP contribution in [0.25, 0.3) is 0 Å². The first-order valence-corrected chi connectivity index (χ1v) is 6.81. The van der Waals surface area contributed by atoms with E-state index >= 15 is 0 Å². The lowest BCUT2D eigenvalue weighted by molar-refractivity contribution is 0.258. The number of halogens is 1. The summed E-state index contributed by atoms with van der Waals surface area (Å²) in [5, 5.41) is 0. The van der Waals surface area contributed by atoms with E-state index in [2.05, 4.69) is 25.9 Å². The minimum Gasteiger partial charge on any atom is -0.488 e. The van der Waals surface area contributed by atoms with Crippen molar-refractivity contribution in [3.8, 4) is 11.6 Å². The van der Waals surface area contributed by atoms with E-state index in [4.69, 9.17) is 9.47 Å². The molecule has 0 N–H and O–H groups in total. The maximum atomic E-state index is 5.67. The van der Waals surface area contributed by atoms with Gasteiger partial charge in [-0.25, -0.2) is 4.98 Å². The summed E-state index contributed by atoms with van der Waals surface area (Å²) in [5.41, 5.74) is 1.98. The third kappa shape index (κ3) is 3.92. The molecule has 0 fully saturated rings. The fourth-order valence-corrected chi connectivity index (χ4v) is 1.82. The molecule has 0 bridgehead atoms. The highest BCUT2D eigenvalue weighted by Gasteiger charge is 2.07. The zero-order chi connectivity index (χ0) is 13.7. The molecule has 2 aromatic heterocycles. The number of pyridine rings is 2. The Hall–Kier alpha value is -1.62. The monoisotopic (exact) mass is 322 g/mol. The maximum absolute atomic E-state index is 5.67. The summed E-state index contributed by atoms with van der Waals surface area (Å²) in [6, 6.07) is 5.79. The summed E-state index contributed by atoms with van der Waals surface area (Å²) in [6.07, 6.45) is 3.49. The molecule has 0 aliphatic carbocycles. The number of hydrogen-bond donors (Lipinski definition) is 0. The number of nitrogens with zero attached hydrogens (tertiary/aromatic N) is 2. The molecule has 0 aliphatic rings. The third-order valence-electron chi connectivity index (χ3n) is 2.43. The van der Waals surface area contributed by atoms with Gasteiger partial charge in [-0.3, -0.25) is 4.98 Å². The van der Waals surface area contributed by atoms with Gasteiger partial charge in [-0.15, -0.1) is 0 Å². The van der Waals surface area contributed by atoms with Crippen molar-refractivity contribution < 1.29 is 9.47 Å². The molecule has 5 heteroatoms. The van der Waals surface area contributed by atoms with Crippen molar-refractivity contribution in [2.45, 2.75) is 20.5 Å². The number of ether oxygens (including phenoxy) is 2. The first-order valence-electron chi connectivity index (χ1n) is 6.01. The second kappa shape index (κ2) is 6.52. The fourth-order valence-electron chi connectivity index (χ4n) is 1.51. The van der Waals surface area contributed by atoms with Gasteiger partial charge in [-0.1, -0.05) is 6.07 Å². The number of rotatable bonds is 5. The molecule has 0 unspecified atom stereocenters. The molecule has 19 heavy (non-hydrogen) atoms. The van der Waals surface area contributed by atoms with E-state index in [1.165, 1.54) is 0 Å². The lowest BCUT2D eigenvalue weighted by Crippen LogP contribution is -2.02. The van der Waals surface area contributed by atoms with E-state index in [1.54, 1.807) is 12.4 Å². The predicted molar refractivity (Wildman–Crippen MR) is 76.4 cm³/mol. The van der Waals surface area contributed by atoms with Gasteiger partial charge in [0.15, 0.2) is 5.75 Å². The molecule has 0 saturated carbocycles. The van der Waals surface area contributed by atoms with Crippen LogP contribution in [0.5, 0.6) is 11.6 Å². The second-order valence-electron chi connectivity index (χ2n) is 3.99. The average molecular weight is 323 g/mol. The van der Waals surface area contributed by atoms with Crippen LogP contribution >= 0.6 is 15.9 Å². The minimum atomic E-state index is 0.419. The highest BCUT2D eigenvalue weighted by Crippen LogP contribution is 2.28. The van der Waals surface area contributed by atoms with Gasteiger partial charge in [-0.2, -0.15) is 0 Å². The van der Waals surface area contributed by atoms with Crippen LogP contribution < -0.4 is 9.47 Å². The highest BCUT2D eigenvalue weighted by atomic mass is 79.9. The summed E-state index contributed by atoms with van der Waals surface area (Å²) in [7, 11) is 0. The standard InChI is InChI=1S/C14H15BrN2O2/c1-3-18-13-6-12(15)8-17-14(13)19-9-11-5-4-10(2)16-7-11/h4-8H,3,9H2,1-2H3.